The maximum atomic E-state index is 11.4. The van der Waals surface area contributed by atoms with E-state index in [1.54, 1.807) is 6.20 Å². The van der Waals surface area contributed by atoms with Crippen molar-refractivity contribution in [3.05, 3.63) is 18.0 Å². The fourth-order valence-corrected chi connectivity index (χ4v) is 1.48. The summed E-state index contributed by atoms with van der Waals surface area (Å²) in [5.41, 5.74) is 0.732. The summed E-state index contributed by atoms with van der Waals surface area (Å²) in [6.07, 6.45) is 6.30. The van der Waals surface area contributed by atoms with Crippen LogP contribution in [0.4, 0.5) is 0 Å². The monoisotopic (exact) mass is 194 g/mol. The van der Waals surface area contributed by atoms with Gasteiger partial charge in [-0.05, 0) is 13.3 Å². The molecule has 0 aromatic carbocycles. The van der Waals surface area contributed by atoms with Crippen molar-refractivity contribution >= 4 is 5.78 Å². The number of carbonyl (C=O) groups excluding carboxylic acids is 1. The minimum Gasteiger partial charge on any atom is -0.294 e. The average Bonchev–Trinajstić information content (AvgIpc) is 2.66. The molecule has 0 saturated carbocycles. The second kappa shape index (κ2) is 4.94. The van der Waals surface area contributed by atoms with Crippen LogP contribution in [-0.4, -0.2) is 15.6 Å². The second-order valence-electron chi connectivity index (χ2n) is 3.62. The Morgan fingerprint density at radius 3 is 2.86 bits per heavy atom. The van der Waals surface area contributed by atoms with Crippen LogP contribution in [0.3, 0.4) is 0 Å². The first-order valence-corrected chi connectivity index (χ1v) is 5.26. The fraction of sp³-hybridized carbons (Fsp3) is 0.636. The third kappa shape index (κ3) is 2.44. The quantitative estimate of drug-likeness (QED) is 0.675. The Balaban J connectivity index is 2.72. The summed E-state index contributed by atoms with van der Waals surface area (Å²) >= 11 is 0. The Kier molecular flexibility index (Phi) is 3.86. The van der Waals surface area contributed by atoms with Crippen LogP contribution in [0, 0.1) is 0 Å². The van der Waals surface area contributed by atoms with Gasteiger partial charge in [0.2, 0.25) is 0 Å². The molecule has 1 unspecified atom stereocenters. The number of Topliss-reactive ketones (excluding diaryl/α,β-unsaturated/α-hetero) is 1. The summed E-state index contributed by atoms with van der Waals surface area (Å²) in [4.78, 5) is 11.4. The molecule has 3 heteroatoms. The van der Waals surface area contributed by atoms with Crippen LogP contribution in [0.15, 0.2) is 12.4 Å². The molecule has 14 heavy (non-hydrogen) atoms. The normalized spacial score (nSPS) is 12.8. The zero-order valence-corrected chi connectivity index (χ0v) is 9.16. The van der Waals surface area contributed by atoms with Gasteiger partial charge in [-0.15, -0.1) is 0 Å². The second-order valence-corrected chi connectivity index (χ2v) is 3.62. The van der Waals surface area contributed by atoms with E-state index in [-0.39, 0.29) is 5.78 Å². The molecule has 0 radical (unpaired) electrons. The van der Waals surface area contributed by atoms with Crippen LogP contribution in [0.25, 0.3) is 0 Å². The number of aromatic nitrogens is 2. The number of carbonyl (C=O) groups is 1. The molecule has 78 valence electrons. The van der Waals surface area contributed by atoms with E-state index in [0.717, 1.165) is 18.4 Å². The van der Waals surface area contributed by atoms with Crippen LogP contribution in [0.5, 0.6) is 0 Å². The zero-order chi connectivity index (χ0) is 10.6. The van der Waals surface area contributed by atoms with E-state index in [0.29, 0.717) is 12.5 Å². The minimum atomic E-state index is 0.167. The van der Waals surface area contributed by atoms with E-state index in [2.05, 4.69) is 18.9 Å². The Morgan fingerprint density at radius 1 is 1.57 bits per heavy atom. The number of hydrogen-bond acceptors (Lipinski definition) is 2. The van der Waals surface area contributed by atoms with Crippen molar-refractivity contribution in [1.82, 2.24) is 9.78 Å². The third-order valence-corrected chi connectivity index (χ3v) is 2.40. The fourth-order valence-electron chi connectivity index (χ4n) is 1.48. The summed E-state index contributed by atoms with van der Waals surface area (Å²) in [6.45, 7) is 6.14. The Hall–Kier alpha value is -1.12. The lowest BCUT2D eigenvalue weighted by molar-refractivity contribution is 0.0988. The standard InChI is InChI=1S/C11H18N2O/c1-4-6-9(3)13-8-10(7-12-13)11(14)5-2/h7-9H,4-6H2,1-3H3. The molecule has 0 N–H and O–H groups in total. The first-order chi connectivity index (χ1) is 6.69. The van der Waals surface area contributed by atoms with Crippen molar-refractivity contribution < 1.29 is 4.79 Å². The van der Waals surface area contributed by atoms with Gasteiger partial charge in [0.05, 0.1) is 11.8 Å². The van der Waals surface area contributed by atoms with Crippen molar-refractivity contribution in [3.63, 3.8) is 0 Å². The third-order valence-electron chi connectivity index (χ3n) is 2.40. The highest BCUT2D eigenvalue weighted by atomic mass is 16.1. The van der Waals surface area contributed by atoms with Crippen molar-refractivity contribution in [2.75, 3.05) is 0 Å². The molecule has 0 spiro atoms. The number of hydrogen-bond donors (Lipinski definition) is 0. The predicted molar refractivity (Wildman–Crippen MR) is 56.5 cm³/mol. The Bertz CT molecular complexity index is 304. The van der Waals surface area contributed by atoms with Gasteiger partial charge in [-0.25, -0.2) is 0 Å². The highest BCUT2D eigenvalue weighted by Gasteiger charge is 2.09. The summed E-state index contributed by atoms with van der Waals surface area (Å²) in [7, 11) is 0. The predicted octanol–water partition coefficient (Wildman–Crippen LogP) is 2.84. The summed E-state index contributed by atoms with van der Waals surface area (Å²) in [6, 6.07) is 0.387. The number of nitrogens with zero attached hydrogens (tertiary/aromatic N) is 2. The first-order valence-electron chi connectivity index (χ1n) is 5.26. The molecule has 1 aromatic heterocycles. The maximum Gasteiger partial charge on any atom is 0.165 e. The Morgan fingerprint density at radius 2 is 2.29 bits per heavy atom. The molecule has 1 atom stereocenters. The van der Waals surface area contributed by atoms with Gasteiger partial charge in [0.25, 0.3) is 0 Å². The minimum absolute atomic E-state index is 0.167. The topological polar surface area (TPSA) is 34.9 Å². The highest BCUT2D eigenvalue weighted by molar-refractivity contribution is 5.95. The van der Waals surface area contributed by atoms with Crippen LogP contribution >= 0.6 is 0 Å². The molecule has 0 aliphatic carbocycles. The molecule has 0 aliphatic rings. The molecular weight excluding hydrogens is 176 g/mol. The van der Waals surface area contributed by atoms with Crippen LogP contribution < -0.4 is 0 Å². The lowest BCUT2D eigenvalue weighted by Gasteiger charge is -2.09. The molecule has 0 fully saturated rings. The van der Waals surface area contributed by atoms with E-state index < -0.39 is 0 Å². The van der Waals surface area contributed by atoms with Gasteiger partial charge in [0.1, 0.15) is 0 Å². The van der Waals surface area contributed by atoms with E-state index in [1.165, 1.54) is 0 Å². The molecule has 1 aromatic rings. The van der Waals surface area contributed by atoms with Gasteiger partial charge in [0.15, 0.2) is 5.78 Å². The molecule has 1 heterocycles. The molecule has 0 aliphatic heterocycles. The van der Waals surface area contributed by atoms with Crippen molar-refractivity contribution in [2.45, 2.75) is 46.1 Å². The van der Waals surface area contributed by atoms with Crippen molar-refractivity contribution in [1.29, 1.82) is 0 Å². The molecule has 0 amide bonds. The number of ketones is 1. The largest absolute Gasteiger partial charge is 0.294 e. The molecule has 0 bridgehead atoms. The van der Waals surface area contributed by atoms with Gasteiger partial charge in [0, 0.05) is 18.7 Å². The summed E-state index contributed by atoms with van der Waals surface area (Å²) < 4.78 is 1.88. The summed E-state index contributed by atoms with van der Waals surface area (Å²) in [5.74, 6) is 0.167. The molecule has 1 rings (SSSR count). The van der Waals surface area contributed by atoms with Crippen LogP contribution in [0.2, 0.25) is 0 Å². The van der Waals surface area contributed by atoms with Crippen LogP contribution in [-0.2, 0) is 0 Å². The van der Waals surface area contributed by atoms with E-state index >= 15 is 0 Å². The van der Waals surface area contributed by atoms with E-state index in [4.69, 9.17) is 0 Å². The first kappa shape index (κ1) is 11.0. The zero-order valence-electron chi connectivity index (χ0n) is 9.16. The maximum absolute atomic E-state index is 11.4. The molecular formula is C11H18N2O. The lowest BCUT2D eigenvalue weighted by atomic mass is 10.2. The highest BCUT2D eigenvalue weighted by Crippen LogP contribution is 2.13. The van der Waals surface area contributed by atoms with E-state index in [9.17, 15) is 4.79 Å². The van der Waals surface area contributed by atoms with E-state index in [1.807, 2.05) is 17.8 Å². The smallest absolute Gasteiger partial charge is 0.165 e. The van der Waals surface area contributed by atoms with Gasteiger partial charge in [-0.1, -0.05) is 20.3 Å². The van der Waals surface area contributed by atoms with Crippen LogP contribution in [0.1, 0.15) is 56.4 Å². The van der Waals surface area contributed by atoms with Crippen molar-refractivity contribution in [2.24, 2.45) is 0 Å². The van der Waals surface area contributed by atoms with Crippen molar-refractivity contribution in [3.8, 4) is 0 Å². The average molecular weight is 194 g/mol. The lowest BCUT2D eigenvalue weighted by Crippen LogP contribution is -2.05. The van der Waals surface area contributed by atoms with Gasteiger partial charge in [-0.2, -0.15) is 5.10 Å². The van der Waals surface area contributed by atoms with Gasteiger partial charge in [-0.3, -0.25) is 9.48 Å². The number of rotatable bonds is 5. The summed E-state index contributed by atoms with van der Waals surface area (Å²) in [5, 5.41) is 4.20. The van der Waals surface area contributed by atoms with Gasteiger partial charge >= 0.3 is 0 Å². The molecule has 3 nitrogen and oxygen atoms in total. The molecule has 0 saturated heterocycles. The van der Waals surface area contributed by atoms with Gasteiger partial charge < -0.3 is 0 Å². The Labute approximate surface area is 85.1 Å². The SMILES string of the molecule is CCCC(C)n1cc(C(=O)CC)cn1.